The van der Waals surface area contributed by atoms with Crippen molar-refractivity contribution in [3.05, 3.63) is 52.9 Å². The third-order valence-corrected chi connectivity index (χ3v) is 5.26. The van der Waals surface area contributed by atoms with Gasteiger partial charge in [0, 0.05) is 6.04 Å². The maximum Gasteiger partial charge on any atom is 0.266 e. The van der Waals surface area contributed by atoms with Gasteiger partial charge in [-0.3, -0.25) is 0 Å². The first kappa shape index (κ1) is 19.1. The fraction of sp³-hybridized carbons (Fsp3) is 0.391. The molecule has 150 valence electrons. The Labute approximate surface area is 170 Å². The topological polar surface area (TPSA) is 84.2 Å². The first-order valence-corrected chi connectivity index (χ1v) is 10.1. The second-order valence-corrected chi connectivity index (χ2v) is 7.61. The molecule has 6 heteroatoms. The molecular formula is C23H25N3O3. The smallest absolute Gasteiger partial charge is 0.266 e. The number of rotatable bonds is 6. The third kappa shape index (κ3) is 4.45. The maximum atomic E-state index is 9.41. The first-order chi connectivity index (χ1) is 14.1. The number of hydrogen-bond donors (Lipinski definition) is 1. The molecule has 0 bridgehead atoms. The van der Waals surface area contributed by atoms with E-state index in [1.165, 1.54) is 19.3 Å². The number of nitrogens with one attached hydrogen (secondary N) is 1. The summed E-state index contributed by atoms with van der Waals surface area (Å²) in [5.41, 5.74) is 2.48. The Kier molecular flexibility index (Phi) is 5.57. The van der Waals surface area contributed by atoms with Crippen molar-refractivity contribution in [2.45, 2.75) is 58.6 Å². The molecule has 2 aromatic heterocycles. The second-order valence-electron chi connectivity index (χ2n) is 7.61. The normalized spacial score (nSPS) is 14.5. The van der Waals surface area contributed by atoms with Gasteiger partial charge in [0.05, 0.1) is 0 Å². The average Bonchev–Trinajstić information content (AvgIpc) is 3.36. The van der Waals surface area contributed by atoms with Crippen LogP contribution in [0.5, 0.6) is 5.75 Å². The lowest BCUT2D eigenvalue weighted by Crippen LogP contribution is -2.22. The van der Waals surface area contributed by atoms with Crippen molar-refractivity contribution in [2.75, 3.05) is 5.32 Å². The Bertz CT molecular complexity index is 1020. The minimum Gasteiger partial charge on any atom is -0.485 e. The van der Waals surface area contributed by atoms with E-state index in [1.54, 1.807) is 6.07 Å². The van der Waals surface area contributed by atoms with Crippen LogP contribution in [0.2, 0.25) is 0 Å². The van der Waals surface area contributed by atoms with Gasteiger partial charge in [0.2, 0.25) is 11.6 Å². The molecule has 6 nitrogen and oxygen atoms in total. The molecule has 1 saturated carbocycles. The molecule has 0 saturated heterocycles. The van der Waals surface area contributed by atoms with Crippen LogP contribution >= 0.6 is 0 Å². The number of benzene rings is 1. The largest absolute Gasteiger partial charge is 0.485 e. The molecule has 1 aliphatic rings. The molecule has 0 unspecified atom stereocenters. The van der Waals surface area contributed by atoms with E-state index in [0.717, 1.165) is 29.7 Å². The summed E-state index contributed by atoms with van der Waals surface area (Å²) in [7, 11) is 0. The number of hydrogen-bond acceptors (Lipinski definition) is 6. The van der Waals surface area contributed by atoms with Crippen LogP contribution in [0.15, 0.2) is 39.2 Å². The van der Waals surface area contributed by atoms with E-state index in [1.807, 2.05) is 32.0 Å². The molecule has 0 amide bonds. The van der Waals surface area contributed by atoms with Crippen LogP contribution in [0, 0.1) is 25.2 Å². The summed E-state index contributed by atoms with van der Waals surface area (Å²) in [6, 6.07) is 12.2. The van der Waals surface area contributed by atoms with Crippen molar-refractivity contribution < 1.29 is 13.6 Å². The number of furan rings is 1. The Morgan fingerprint density at radius 3 is 2.76 bits per heavy atom. The van der Waals surface area contributed by atoms with E-state index in [4.69, 9.17) is 13.6 Å². The molecule has 29 heavy (non-hydrogen) atoms. The van der Waals surface area contributed by atoms with Crippen LogP contribution in [0.1, 0.15) is 54.7 Å². The molecule has 0 spiro atoms. The van der Waals surface area contributed by atoms with E-state index in [9.17, 15) is 5.26 Å². The molecule has 1 N–H and O–H groups in total. The Morgan fingerprint density at radius 2 is 1.97 bits per heavy atom. The van der Waals surface area contributed by atoms with Crippen LogP contribution < -0.4 is 10.1 Å². The van der Waals surface area contributed by atoms with E-state index >= 15 is 0 Å². The number of nitrogens with zero attached hydrogens (tertiary/aromatic N) is 2. The van der Waals surface area contributed by atoms with Crippen molar-refractivity contribution in [1.29, 1.82) is 5.26 Å². The summed E-state index contributed by atoms with van der Waals surface area (Å²) >= 11 is 0. The molecule has 1 aromatic carbocycles. The zero-order chi connectivity index (χ0) is 20.2. The van der Waals surface area contributed by atoms with Crippen LogP contribution in [0.25, 0.3) is 11.7 Å². The summed E-state index contributed by atoms with van der Waals surface area (Å²) in [6.45, 7) is 4.36. The number of aromatic nitrogens is 1. The lowest BCUT2D eigenvalue weighted by Gasteiger charge is -2.22. The standard InChI is InChI=1S/C23H25N3O3/c1-15-8-9-16(2)21(12-15)27-14-18-10-11-20(28-18)23-26-19(13-24)22(29-23)25-17-6-4-3-5-7-17/h8-12,17,25H,3-7,14H2,1-2H3. The van der Waals surface area contributed by atoms with Gasteiger partial charge in [-0.2, -0.15) is 10.2 Å². The van der Waals surface area contributed by atoms with Gasteiger partial charge in [-0.15, -0.1) is 0 Å². The van der Waals surface area contributed by atoms with E-state index in [0.29, 0.717) is 35.9 Å². The zero-order valence-electron chi connectivity index (χ0n) is 16.8. The van der Waals surface area contributed by atoms with Crippen LogP contribution in [-0.2, 0) is 6.61 Å². The van der Waals surface area contributed by atoms with Gasteiger partial charge < -0.3 is 18.9 Å². The highest BCUT2D eigenvalue weighted by atomic mass is 16.5. The van der Waals surface area contributed by atoms with Gasteiger partial charge in [0.15, 0.2) is 5.76 Å². The van der Waals surface area contributed by atoms with Gasteiger partial charge in [-0.05, 0) is 56.0 Å². The minimum absolute atomic E-state index is 0.259. The average molecular weight is 391 g/mol. The molecular weight excluding hydrogens is 366 g/mol. The van der Waals surface area contributed by atoms with Gasteiger partial charge >= 0.3 is 0 Å². The number of aryl methyl sites for hydroxylation is 2. The summed E-state index contributed by atoms with van der Waals surface area (Å²) in [5, 5.41) is 12.7. The predicted octanol–water partition coefficient (Wildman–Crippen LogP) is 5.75. The van der Waals surface area contributed by atoms with Crippen molar-refractivity contribution >= 4 is 5.88 Å². The summed E-state index contributed by atoms with van der Waals surface area (Å²) < 4.78 is 17.6. The SMILES string of the molecule is Cc1ccc(C)c(OCc2ccc(-c3nc(C#N)c(NC4CCCCC4)o3)o2)c1. The number of oxazole rings is 1. The van der Waals surface area contributed by atoms with E-state index in [-0.39, 0.29) is 5.69 Å². The highest BCUT2D eigenvalue weighted by Crippen LogP contribution is 2.30. The fourth-order valence-electron chi connectivity index (χ4n) is 3.61. The molecule has 0 atom stereocenters. The Hall–Kier alpha value is -3.20. The second kappa shape index (κ2) is 8.44. The lowest BCUT2D eigenvalue weighted by atomic mass is 9.95. The van der Waals surface area contributed by atoms with E-state index < -0.39 is 0 Å². The van der Waals surface area contributed by atoms with Crippen molar-refractivity contribution in [2.24, 2.45) is 0 Å². The number of ether oxygens (including phenoxy) is 1. The molecule has 0 radical (unpaired) electrons. The number of anilines is 1. The third-order valence-electron chi connectivity index (χ3n) is 5.26. The highest BCUT2D eigenvalue weighted by Gasteiger charge is 2.21. The quantitative estimate of drug-likeness (QED) is 0.576. The van der Waals surface area contributed by atoms with Gasteiger partial charge in [-0.1, -0.05) is 31.4 Å². The molecule has 1 fully saturated rings. The van der Waals surface area contributed by atoms with Crippen molar-refractivity contribution in [1.82, 2.24) is 4.98 Å². The fourth-order valence-corrected chi connectivity index (χ4v) is 3.61. The van der Waals surface area contributed by atoms with Crippen LogP contribution in [-0.4, -0.2) is 11.0 Å². The zero-order valence-corrected chi connectivity index (χ0v) is 16.8. The monoisotopic (exact) mass is 391 g/mol. The van der Waals surface area contributed by atoms with Gasteiger partial charge in [0.1, 0.15) is 24.2 Å². The molecule has 1 aliphatic carbocycles. The molecule has 2 heterocycles. The maximum absolute atomic E-state index is 9.41. The van der Waals surface area contributed by atoms with E-state index in [2.05, 4.69) is 22.4 Å². The first-order valence-electron chi connectivity index (χ1n) is 10.1. The lowest BCUT2D eigenvalue weighted by molar-refractivity contribution is 0.269. The van der Waals surface area contributed by atoms with Crippen molar-refractivity contribution in [3.63, 3.8) is 0 Å². The Morgan fingerprint density at radius 1 is 1.14 bits per heavy atom. The molecule has 3 aromatic rings. The Balaban J connectivity index is 1.46. The number of nitriles is 1. The van der Waals surface area contributed by atoms with Gasteiger partial charge in [-0.25, -0.2) is 0 Å². The summed E-state index contributed by atoms with van der Waals surface area (Å²) in [5.74, 6) is 2.72. The highest BCUT2D eigenvalue weighted by molar-refractivity contribution is 5.55. The van der Waals surface area contributed by atoms with Crippen molar-refractivity contribution in [3.8, 4) is 23.5 Å². The van der Waals surface area contributed by atoms with Crippen LogP contribution in [0.4, 0.5) is 5.88 Å². The molecule has 4 rings (SSSR count). The predicted molar refractivity (Wildman–Crippen MR) is 110 cm³/mol. The summed E-state index contributed by atoms with van der Waals surface area (Å²) in [6.07, 6.45) is 5.83. The minimum atomic E-state index is 0.259. The molecule has 0 aliphatic heterocycles. The van der Waals surface area contributed by atoms with Crippen LogP contribution in [0.3, 0.4) is 0 Å². The van der Waals surface area contributed by atoms with Gasteiger partial charge in [0.25, 0.3) is 5.89 Å². The summed E-state index contributed by atoms with van der Waals surface area (Å²) in [4.78, 5) is 4.30.